The number of carbonyl (C=O) groups excluding carboxylic acids is 1. The van der Waals surface area contributed by atoms with E-state index in [9.17, 15) is 4.79 Å². The van der Waals surface area contributed by atoms with Gasteiger partial charge in [0.1, 0.15) is 6.04 Å². The number of ether oxygens (including phenoxy) is 1. The second kappa shape index (κ2) is 8.31. The Morgan fingerprint density at radius 1 is 1.38 bits per heavy atom. The first-order valence-corrected chi connectivity index (χ1v) is 8.99. The molecule has 0 aromatic carbocycles. The maximum absolute atomic E-state index is 12.4. The fourth-order valence-electron chi connectivity index (χ4n) is 2.96. The first kappa shape index (κ1) is 18.4. The monoisotopic (exact) mass is 362 g/mol. The summed E-state index contributed by atoms with van der Waals surface area (Å²) in [6.45, 7) is 7.67. The summed E-state index contributed by atoms with van der Waals surface area (Å²) >= 11 is 0. The predicted molar refractivity (Wildman–Crippen MR) is 93.4 cm³/mol. The number of urea groups is 1. The van der Waals surface area contributed by atoms with Crippen molar-refractivity contribution in [3.8, 4) is 0 Å². The Hall–Kier alpha value is -2.42. The van der Waals surface area contributed by atoms with Gasteiger partial charge >= 0.3 is 6.03 Å². The van der Waals surface area contributed by atoms with Crippen LogP contribution in [-0.2, 0) is 11.3 Å². The van der Waals surface area contributed by atoms with Crippen LogP contribution in [0, 0.1) is 12.8 Å². The van der Waals surface area contributed by atoms with E-state index >= 15 is 0 Å². The smallest absolute Gasteiger partial charge is 0.315 e. The van der Waals surface area contributed by atoms with Gasteiger partial charge in [-0.25, -0.2) is 4.79 Å². The third-order valence-electron chi connectivity index (χ3n) is 4.64. The number of nitrogens with zero attached hydrogens (tertiary/aromatic N) is 3. The molecule has 3 rings (SSSR count). The first-order valence-electron chi connectivity index (χ1n) is 8.99. The lowest BCUT2D eigenvalue weighted by Crippen LogP contribution is -2.41. The maximum Gasteiger partial charge on any atom is 0.315 e. The molecule has 1 atom stereocenters. The molecule has 2 aromatic rings. The molecule has 0 radical (unpaired) electrons. The molecule has 142 valence electrons. The zero-order valence-corrected chi connectivity index (χ0v) is 15.4. The van der Waals surface area contributed by atoms with E-state index < -0.39 is 0 Å². The van der Waals surface area contributed by atoms with Crippen molar-refractivity contribution >= 4 is 6.03 Å². The zero-order valence-electron chi connectivity index (χ0n) is 15.4. The van der Waals surface area contributed by atoms with Crippen molar-refractivity contribution in [2.75, 3.05) is 13.2 Å². The normalized spacial score (nSPS) is 16.6. The standard InChI is InChI=1S/C17H26N6O3/c1-10(2)15-21-16(26-23-15)14(12-4-6-25-7-5-12)20-17(24)18-8-13-9-19-22-11(13)3/h9-10,12,14H,4-8H2,1-3H3,(H,19,22)(H2,18,20,24)/t14-/m1/s1. The topological polar surface area (TPSA) is 118 Å². The van der Waals surface area contributed by atoms with Gasteiger partial charge in [-0.15, -0.1) is 0 Å². The van der Waals surface area contributed by atoms with Crippen LogP contribution in [0.3, 0.4) is 0 Å². The van der Waals surface area contributed by atoms with E-state index in [-0.39, 0.29) is 23.9 Å². The van der Waals surface area contributed by atoms with E-state index in [1.54, 1.807) is 6.20 Å². The second-order valence-corrected chi connectivity index (χ2v) is 6.92. The summed E-state index contributed by atoms with van der Waals surface area (Å²) in [5, 5.41) is 16.7. The van der Waals surface area contributed by atoms with Crippen LogP contribution in [0.1, 0.15) is 61.6 Å². The minimum absolute atomic E-state index is 0.167. The quantitative estimate of drug-likeness (QED) is 0.725. The lowest BCUT2D eigenvalue weighted by molar-refractivity contribution is 0.0503. The van der Waals surface area contributed by atoms with Gasteiger partial charge in [-0.3, -0.25) is 5.10 Å². The third kappa shape index (κ3) is 4.40. The summed E-state index contributed by atoms with van der Waals surface area (Å²) in [7, 11) is 0. The molecule has 1 aliphatic heterocycles. The molecule has 9 heteroatoms. The van der Waals surface area contributed by atoms with Crippen molar-refractivity contribution in [2.45, 2.75) is 52.1 Å². The van der Waals surface area contributed by atoms with E-state index in [1.165, 1.54) is 0 Å². The van der Waals surface area contributed by atoms with Gasteiger partial charge in [0, 0.05) is 36.9 Å². The molecule has 1 fully saturated rings. The van der Waals surface area contributed by atoms with Crippen LogP contribution >= 0.6 is 0 Å². The maximum atomic E-state index is 12.4. The van der Waals surface area contributed by atoms with Gasteiger partial charge < -0.3 is 19.9 Å². The van der Waals surface area contributed by atoms with Crippen molar-refractivity contribution in [3.05, 3.63) is 29.2 Å². The van der Waals surface area contributed by atoms with Crippen LogP contribution in [0.5, 0.6) is 0 Å². The van der Waals surface area contributed by atoms with Crippen LogP contribution in [-0.4, -0.2) is 39.6 Å². The highest BCUT2D eigenvalue weighted by Crippen LogP contribution is 2.29. The number of rotatable bonds is 6. The Labute approximate surface area is 152 Å². The Balaban J connectivity index is 1.68. The Kier molecular flexibility index (Phi) is 5.87. The van der Waals surface area contributed by atoms with Gasteiger partial charge in [0.05, 0.1) is 6.20 Å². The first-order chi connectivity index (χ1) is 12.5. The van der Waals surface area contributed by atoms with Crippen LogP contribution < -0.4 is 10.6 Å². The molecule has 1 saturated heterocycles. The van der Waals surface area contributed by atoms with Crippen molar-refractivity contribution in [1.29, 1.82) is 0 Å². The SMILES string of the molecule is Cc1[nH]ncc1CNC(=O)N[C@@H](c1nc(C(C)C)no1)C1CCOCC1. The van der Waals surface area contributed by atoms with Crippen LogP contribution in [0.4, 0.5) is 4.79 Å². The van der Waals surface area contributed by atoms with Crippen LogP contribution in [0.25, 0.3) is 0 Å². The predicted octanol–water partition coefficient (Wildman–Crippen LogP) is 2.19. The number of amides is 2. The van der Waals surface area contributed by atoms with Gasteiger partial charge in [-0.05, 0) is 25.7 Å². The fourth-order valence-corrected chi connectivity index (χ4v) is 2.96. The van der Waals surface area contributed by atoms with Gasteiger partial charge in [-0.2, -0.15) is 10.1 Å². The summed E-state index contributed by atoms with van der Waals surface area (Å²) in [4.78, 5) is 16.9. The largest absolute Gasteiger partial charge is 0.381 e. The Morgan fingerprint density at radius 3 is 2.77 bits per heavy atom. The number of aromatic amines is 1. The molecule has 1 aliphatic rings. The summed E-state index contributed by atoms with van der Waals surface area (Å²) in [6, 6.07) is -0.601. The molecule has 0 unspecified atom stereocenters. The van der Waals surface area contributed by atoms with Gasteiger partial charge in [0.25, 0.3) is 0 Å². The van der Waals surface area contributed by atoms with E-state index in [0.29, 0.717) is 31.5 Å². The summed E-state index contributed by atoms with van der Waals surface area (Å²) in [5.41, 5.74) is 1.88. The molecule has 2 aromatic heterocycles. The number of aromatic nitrogens is 4. The van der Waals surface area contributed by atoms with Crippen molar-refractivity contribution in [1.82, 2.24) is 31.0 Å². The molecule has 2 amide bonds. The summed E-state index contributed by atoms with van der Waals surface area (Å²) in [6.07, 6.45) is 3.38. The van der Waals surface area contributed by atoms with Gasteiger partial charge in [0.2, 0.25) is 5.89 Å². The lowest BCUT2D eigenvalue weighted by atomic mass is 9.91. The summed E-state index contributed by atoms with van der Waals surface area (Å²) < 4.78 is 10.9. The molecule has 9 nitrogen and oxygen atoms in total. The number of aryl methyl sites for hydroxylation is 1. The molecule has 0 spiro atoms. The van der Waals surface area contributed by atoms with Gasteiger partial charge in [0.15, 0.2) is 5.82 Å². The fraction of sp³-hybridized carbons (Fsp3) is 0.647. The van der Waals surface area contributed by atoms with Crippen molar-refractivity contribution < 1.29 is 14.1 Å². The van der Waals surface area contributed by atoms with Gasteiger partial charge in [-0.1, -0.05) is 19.0 Å². The summed E-state index contributed by atoms with van der Waals surface area (Å²) in [5.74, 6) is 1.47. The van der Waals surface area contributed by atoms with Crippen LogP contribution in [0.15, 0.2) is 10.7 Å². The number of nitrogens with one attached hydrogen (secondary N) is 3. The molecule has 3 N–H and O–H groups in total. The molecule has 0 aliphatic carbocycles. The molecule has 3 heterocycles. The van der Waals surface area contributed by atoms with E-state index in [1.807, 2.05) is 20.8 Å². The molecular formula is C17H26N6O3. The lowest BCUT2D eigenvalue weighted by Gasteiger charge is -2.28. The highest BCUT2D eigenvalue weighted by Gasteiger charge is 2.31. The number of hydrogen-bond acceptors (Lipinski definition) is 6. The highest BCUT2D eigenvalue weighted by molar-refractivity contribution is 5.74. The van der Waals surface area contributed by atoms with E-state index in [2.05, 4.69) is 31.0 Å². The average molecular weight is 362 g/mol. The number of carbonyl (C=O) groups is 1. The highest BCUT2D eigenvalue weighted by atomic mass is 16.5. The van der Waals surface area contributed by atoms with Crippen molar-refractivity contribution in [2.24, 2.45) is 5.92 Å². The van der Waals surface area contributed by atoms with E-state index in [0.717, 1.165) is 24.1 Å². The molecule has 0 saturated carbocycles. The average Bonchev–Trinajstić information content (AvgIpc) is 3.28. The Morgan fingerprint density at radius 2 is 2.15 bits per heavy atom. The minimum Gasteiger partial charge on any atom is -0.381 e. The van der Waals surface area contributed by atoms with Crippen molar-refractivity contribution in [3.63, 3.8) is 0 Å². The van der Waals surface area contributed by atoms with E-state index in [4.69, 9.17) is 9.26 Å². The molecule has 26 heavy (non-hydrogen) atoms. The third-order valence-corrected chi connectivity index (χ3v) is 4.64. The Bertz CT molecular complexity index is 720. The number of H-pyrrole nitrogens is 1. The minimum atomic E-state index is -0.329. The zero-order chi connectivity index (χ0) is 18.5. The second-order valence-electron chi connectivity index (χ2n) is 6.92. The molecule has 0 bridgehead atoms. The molecular weight excluding hydrogens is 336 g/mol. The van der Waals surface area contributed by atoms with Crippen LogP contribution in [0.2, 0.25) is 0 Å². The number of hydrogen-bond donors (Lipinski definition) is 3.